The second-order valence-electron chi connectivity index (χ2n) is 6.69. The number of likely N-dealkylation sites (tertiary alicyclic amines) is 1. The molecule has 1 aromatic heterocycles. The molecule has 2 atom stereocenters. The Morgan fingerprint density at radius 3 is 2.89 bits per heavy atom. The van der Waals surface area contributed by atoms with Crippen molar-refractivity contribution in [3.05, 3.63) is 45.9 Å². The monoisotopic (exact) mass is 431 g/mol. The number of hydrogen-bond donors (Lipinski definition) is 1. The molecule has 1 amide bonds. The standard InChI is InChI=1S/C19H25N3O2S.2ClH/c1-13(20)16-6-4-8-22(10-16)19(23)15-5-3-7-18(9-15)24-11-17-12-25-14(2)21-17;;/h3,5,7,9,12-13,16H,4,6,8,10-11,20H2,1-2H3;2*1H. The first kappa shape index (κ1) is 23.7. The van der Waals surface area contributed by atoms with Gasteiger partial charge in [-0.15, -0.1) is 36.2 Å². The van der Waals surface area contributed by atoms with Gasteiger partial charge in [-0.05, 0) is 50.8 Å². The number of amides is 1. The molecule has 3 rings (SSSR count). The highest BCUT2D eigenvalue weighted by Gasteiger charge is 2.26. The molecule has 0 bridgehead atoms. The van der Waals surface area contributed by atoms with E-state index in [1.807, 2.05) is 48.4 Å². The Morgan fingerprint density at radius 2 is 2.22 bits per heavy atom. The Morgan fingerprint density at radius 1 is 1.44 bits per heavy atom. The lowest BCUT2D eigenvalue weighted by Gasteiger charge is -2.34. The summed E-state index contributed by atoms with van der Waals surface area (Å²) < 4.78 is 5.80. The average molecular weight is 432 g/mol. The van der Waals surface area contributed by atoms with Crippen LogP contribution in [0.4, 0.5) is 0 Å². The van der Waals surface area contributed by atoms with E-state index in [2.05, 4.69) is 4.98 Å². The van der Waals surface area contributed by atoms with Crippen LogP contribution < -0.4 is 10.5 Å². The van der Waals surface area contributed by atoms with Crippen molar-refractivity contribution >= 4 is 42.1 Å². The van der Waals surface area contributed by atoms with Crippen LogP contribution in [0.5, 0.6) is 5.75 Å². The minimum atomic E-state index is 0. The van der Waals surface area contributed by atoms with Gasteiger partial charge in [0.25, 0.3) is 5.91 Å². The first-order chi connectivity index (χ1) is 12.0. The summed E-state index contributed by atoms with van der Waals surface area (Å²) in [7, 11) is 0. The Labute approximate surface area is 177 Å². The number of carbonyl (C=O) groups excluding carboxylic acids is 1. The number of aryl methyl sites for hydroxylation is 1. The lowest BCUT2D eigenvalue weighted by Crippen LogP contribution is -2.45. The smallest absolute Gasteiger partial charge is 0.253 e. The van der Waals surface area contributed by atoms with E-state index in [0.717, 1.165) is 36.6 Å². The normalized spacial score (nSPS) is 17.4. The summed E-state index contributed by atoms with van der Waals surface area (Å²) in [5.74, 6) is 1.13. The maximum absolute atomic E-state index is 12.8. The molecule has 1 aliphatic rings. The molecule has 0 saturated carbocycles. The molecule has 0 aliphatic carbocycles. The van der Waals surface area contributed by atoms with E-state index in [-0.39, 0.29) is 36.8 Å². The second-order valence-corrected chi connectivity index (χ2v) is 7.75. The van der Waals surface area contributed by atoms with Crippen LogP contribution in [0.25, 0.3) is 0 Å². The van der Waals surface area contributed by atoms with Crippen molar-refractivity contribution in [1.29, 1.82) is 0 Å². The molecule has 2 N–H and O–H groups in total. The highest BCUT2D eigenvalue weighted by atomic mass is 35.5. The highest BCUT2D eigenvalue weighted by Crippen LogP contribution is 2.22. The molecule has 1 saturated heterocycles. The molecule has 0 spiro atoms. The summed E-state index contributed by atoms with van der Waals surface area (Å²) in [5, 5.41) is 3.02. The number of thiazole rings is 1. The number of rotatable bonds is 5. The van der Waals surface area contributed by atoms with E-state index in [1.165, 1.54) is 0 Å². The molecule has 5 nitrogen and oxygen atoms in total. The van der Waals surface area contributed by atoms with Gasteiger partial charge in [0.1, 0.15) is 12.4 Å². The maximum Gasteiger partial charge on any atom is 0.253 e. The van der Waals surface area contributed by atoms with Gasteiger partial charge in [-0.2, -0.15) is 0 Å². The molecule has 1 aliphatic heterocycles. The zero-order valence-corrected chi connectivity index (χ0v) is 18.0. The van der Waals surface area contributed by atoms with Crippen molar-refractivity contribution < 1.29 is 9.53 Å². The Bertz CT molecular complexity index is 739. The zero-order valence-electron chi connectivity index (χ0n) is 15.6. The third kappa shape index (κ3) is 6.35. The summed E-state index contributed by atoms with van der Waals surface area (Å²) in [6.45, 7) is 5.94. The number of carbonyl (C=O) groups is 1. The maximum atomic E-state index is 12.8. The number of benzene rings is 1. The average Bonchev–Trinajstić information content (AvgIpc) is 3.05. The summed E-state index contributed by atoms with van der Waals surface area (Å²) >= 11 is 1.61. The first-order valence-electron chi connectivity index (χ1n) is 8.71. The topological polar surface area (TPSA) is 68.5 Å². The Hall–Kier alpha value is -1.34. The van der Waals surface area contributed by atoms with Gasteiger partial charge < -0.3 is 15.4 Å². The molecule has 27 heavy (non-hydrogen) atoms. The van der Waals surface area contributed by atoms with Gasteiger partial charge >= 0.3 is 0 Å². The quantitative estimate of drug-likeness (QED) is 0.773. The van der Waals surface area contributed by atoms with E-state index < -0.39 is 0 Å². The SMILES string of the molecule is Cc1nc(COc2cccc(C(=O)N3CCCC(C(C)N)C3)c2)cs1.Cl.Cl. The fourth-order valence-corrected chi connectivity index (χ4v) is 3.75. The minimum absolute atomic E-state index is 0. The van der Waals surface area contributed by atoms with Gasteiger partial charge in [-0.1, -0.05) is 6.07 Å². The fourth-order valence-electron chi connectivity index (χ4n) is 3.16. The summed E-state index contributed by atoms with van der Waals surface area (Å²) in [4.78, 5) is 19.1. The van der Waals surface area contributed by atoms with E-state index in [1.54, 1.807) is 11.3 Å². The summed E-state index contributed by atoms with van der Waals surface area (Å²) in [5.41, 5.74) is 7.60. The highest BCUT2D eigenvalue weighted by molar-refractivity contribution is 7.09. The number of halogens is 2. The third-order valence-electron chi connectivity index (χ3n) is 4.62. The van der Waals surface area contributed by atoms with Crippen molar-refractivity contribution in [1.82, 2.24) is 9.88 Å². The van der Waals surface area contributed by atoms with Crippen LogP contribution in [0.3, 0.4) is 0 Å². The van der Waals surface area contributed by atoms with Crippen molar-refractivity contribution in [3.8, 4) is 5.75 Å². The molecule has 1 fully saturated rings. The van der Waals surface area contributed by atoms with Crippen molar-refractivity contribution in [2.45, 2.75) is 39.3 Å². The zero-order chi connectivity index (χ0) is 17.8. The fraction of sp³-hybridized carbons (Fsp3) is 0.474. The van der Waals surface area contributed by atoms with Gasteiger partial charge in [-0.3, -0.25) is 4.79 Å². The molecule has 0 radical (unpaired) electrons. The first-order valence-corrected chi connectivity index (χ1v) is 9.59. The van der Waals surface area contributed by atoms with Crippen molar-refractivity contribution in [3.63, 3.8) is 0 Å². The predicted octanol–water partition coefficient (Wildman–Crippen LogP) is 4.07. The third-order valence-corrected chi connectivity index (χ3v) is 5.45. The van der Waals surface area contributed by atoms with Gasteiger partial charge in [0, 0.05) is 30.1 Å². The molecule has 150 valence electrons. The summed E-state index contributed by atoms with van der Waals surface area (Å²) in [6.07, 6.45) is 2.11. The van der Waals surface area contributed by atoms with E-state index in [0.29, 0.717) is 23.8 Å². The number of nitrogens with two attached hydrogens (primary N) is 1. The Balaban J connectivity index is 0.00000182. The van der Waals surface area contributed by atoms with Crippen LogP contribution in [-0.2, 0) is 6.61 Å². The van der Waals surface area contributed by atoms with Crippen molar-refractivity contribution in [2.24, 2.45) is 11.7 Å². The van der Waals surface area contributed by atoms with Crippen LogP contribution in [0.2, 0.25) is 0 Å². The molecular weight excluding hydrogens is 405 g/mol. The molecule has 2 heterocycles. The van der Waals surface area contributed by atoms with Gasteiger partial charge in [-0.25, -0.2) is 4.98 Å². The number of hydrogen-bond acceptors (Lipinski definition) is 5. The van der Waals surface area contributed by atoms with E-state index in [9.17, 15) is 4.79 Å². The van der Waals surface area contributed by atoms with Crippen LogP contribution in [0, 0.1) is 12.8 Å². The minimum Gasteiger partial charge on any atom is -0.487 e. The van der Waals surface area contributed by atoms with Gasteiger partial charge in [0.05, 0.1) is 10.7 Å². The van der Waals surface area contributed by atoms with Crippen LogP contribution >= 0.6 is 36.2 Å². The molecular formula is C19H27Cl2N3O2S. The van der Waals surface area contributed by atoms with E-state index in [4.69, 9.17) is 10.5 Å². The largest absolute Gasteiger partial charge is 0.487 e. The number of piperidine rings is 1. The lowest BCUT2D eigenvalue weighted by atomic mass is 9.92. The molecule has 2 aromatic rings. The molecule has 8 heteroatoms. The van der Waals surface area contributed by atoms with Gasteiger partial charge in [0.2, 0.25) is 0 Å². The number of nitrogens with zero attached hydrogens (tertiary/aromatic N) is 2. The number of aromatic nitrogens is 1. The predicted molar refractivity (Wildman–Crippen MR) is 114 cm³/mol. The van der Waals surface area contributed by atoms with E-state index >= 15 is 0 Å². The van der Waals surface area contributed by atoms with Crippen LogP contribution in [-0.4, -0.2) is 34.9 Å². The van der Waals surface area contributed by atoms with Crippen LogP contribution in [0.15, 0.2) is 29.6 Å². The molecule has 1 aromatic carbocycles. The van der Waals surface area contributed by atoms with Crippen molar-refractivity contribution in [2.75, 3.05) is 13.1 Å². The summed E-state index contributed by atoms with van der Waals surface area (Å²) in [6, 6.07) is 7.51. The van der Waals surface area contributed by atoms with Crippen LogP contribution in [0.1, 0.15) is 40.8 Å². The second kappa shape index (κ2) is 10.9. The van der Waals surface area contributed by atoms with Gasteiger partial charge in [0.15, 0.2) is 0 Å². The molecule has 2 unspecified atom stereocenters. The Kier molecular flexibility index (Phi) is 9.53. The number of ether oxygens (including phenoxy) is 1. The lowest BCUT2D eigenvalue weighted by molar-refractivity contribution is 0.0660.